The number of piperidine rings is 1. The molecular weight excluding hydrogens is 226 g/mol. The molecule has 0 bridgehead atoms. The number of hydrogen-bond acceptors (Lipinski definition) is 4. The van der Waals surface area contributed by atoms with E-state index in [2.05, 4.69) is 16.0 Å². The molecule has 4 heteroatoms. The lowest BCUT2D eigenvalue weighted by Gasteiger charge is -2.33. The van der Waals surface area contributed by atoms with Gasteiger partial charge in [0.1, 0.15) is 0 Å². The molecule has 2 rings (SSSR count). The Morgan fingerprint density at radius 3 is 2.67 bits per heavy atom. The van der Waals surface area contributed by atoms with Crippen LogP contribution in [0, 0.1) is 5.92 Å². The van der Waals surface area contributed by atoms with E-state index in [1.165, 1.54) is 18.5 Å². The van der Waals surface area contributed by atoms with E-state index in [4.69, 9.17) is 10.5 Å². The number of rotatable bonds is 4. The highest BCUT2D eigenvalue weighted by molar-refractivity contribution is 5.45. The summed E-state index contributed by atoms with van der Waals surface area (Å²) in [6.45, 7) is 5.02. The second-order valence-corrected chi connectivity index (χ2v) is 5.12. The minimum Gasteiger partial charge on any atom is -0.384 e. The van der Waals surface area contributed by atoms with Crippen molar-refractivity contribution >= 4 is 5.69 Å². The Hall–Kier alpha value is -1.13. The largest absolute Gasteiger partial charge is 0.384 e. The molecule has 1 saturated heterocycles. The molecule has 1 aliphatic heterocycles. The van der Waals surface area contributed by atoms with Gasteiger partial charge in [0, 0.05) is 32.8 Å². The average Bonchev–Trinajstić information content (AvgIpc) is 2.40. The van der Waals surface area contributed by atoms with Gasteiger partial charge in [-0.25, -0.2) is 0 Å². The molecule has 2 heterocycles. The molecule has 0 radical (unpaired) electrons. The van der Waals surface area contributed by atoms with Crippen LogP contribution in [0.2, 0.25) is 0 Å². The Balaban J connectivity index is 1.93. The normalized spacial score (nSPS) is 18.9. The highest BCUT2D eigenvalue weighted by Gasteiger charge is 2.19. The highest BCUT2D eigenvalue weighted by Crippen LogP contribution is 2.23. The Bertz CT molecular complexity index is 356. The van der Waals surface area contributed by atoms with Crippen molar-refractivity contribution in [3.8, 4) is 0 Å². The molecule has 1 aromatic rings. The molecule has 1 aromatic heterocycles. The van der Waals surface area contributed by atoms with Crippen LogP contribution in [0.4, 0.5) is 5.69 Å². The maximum atomic E-state index is 5.80. The summed E-state index contributed by atoms with van der Waals surface area (Å²) in [6, 6.07) is 4.16. The molecule has 0 aliphatic carbocycles. The van der Waals surface area contributed by atoms with Gasteiger partial charge in [-0.05, 0) is 37.8 Å². The maximum absolute atomic E-state index is 5.80. The van der Waals surface area contributed by atoms with Gasteiger partial charge in [0.25, 0.3) is 0 Å². The highest BCUT2D eigenvalue weighted by atomic mass is 16.5. The molecule has 0 spiro atoms. The fourth-order valence-electron chi connectivity index (χ4n) is 2.45. The van der Waals surface area contributed by atoms with Gasteiger partial charge in [-0.1, -0.05) is 0 Å². The lowest BCUT2D eigenvalue weighted by Crippen LogP contribution is -2.35. The van der Waals surface area contributed by atoms with Crippen molar-refractivity contribution in [2.24, 2.45) is 11.7 Å². The quantitative estimate of drug-likeness (QED) is 0.886. The van der Waals surface area contributed by atoms with Crippen LogP contribution in [0.25, 0.3) is 0 Å². The summed E-state index contributed by atoms with van der Waals surface area (Å²) in [5.41, 5.74) is 7.96. The van der Waals surface area contributed by atoms with Crippen LogP contribution in [-0.4, -0.2) is 31.8 Å². The first-order valence-corrected chi connectivity index (χ1v) is 6.66. The molecule has 1 atom stereocenters. The van der Waals surface area contributed by atoms with Crippen LogP contribution in [0.1, 0.15) is 31.5 Å². The van der Waals surface area contributed by atoms with Gasteiger partial charge < -0.3 is 15.4 Å². The van der Waals surface area contributed by atoms with E-state index in [-0.39, 0.29) is 6.04 Å². The molecule has 4 nitrogen and oxygen atoms in total. The van der Waals surface area contributed by atoms with Gasteiger partial charge in [-0.3, -0.25) is 4.98 Å². The van der Waals surface area contributed by atoms with Crippen molar-refractivity contribution in [1.29, 1.82) is 0 Å². The fraction of sp³-hybridized carbons (Fsp3) is 0.643. The molecular formula is C14H23N3O. The lowest BCUT2D eigenvalue weighted by atomic mass is 9.97. The number of nitrogens with zero attached hydrogens (tertiary/aromatic N) is 2. The van der Waals surface area contributed by atoms with Gasteiger partial charge in [0.2, 0.25) is 0 Å². The molecule has 1 unspecified atom stereocenters. The van der Waals surface area contributed by atoms with Crippen LogP contribution in [0.3, 0.4) is 0 Å². The minimum atomic E-state index is 0.00601. The lowest BCUT2D eigenvalue weighted by molar-refractivity contribution is 0.139. The summed E-state index contributed by atoms with van der Waals surface area (Å²) in [7, 11) is 1.78. The van der Waals surface area contributed by atoms with E-state index in [9.17, 15) is 0 Å². The standard InChI is InChI=1S/C14H23N3O/c1-11(15)14-4-3-13(9-16-14)17-7-5-12(6-8-17)10-18-2/h3-4,9,11-12H,5-8,10,15H2,1-2H3. The molecule has 0 saturated carbocycles. The van der Waals surface area contributed by atoms with Gasteiger partial charge in [-0.2, -0.15) is 0 Å². The number of methoxy groups -OCH3 is 1. The van der Waals surface area contributed by atoms with Crippen molar-refractivity contribution in [3.63, 3.8) is 0 Å². The summed E-state index contributed by atoms with van der Waals surface area (Å²) in [5.74, 6) is 0.711. The summed E-state index contributed by atoms with van der Waals surface area (Å²) in [4.78, 5) is 6.81. The van der Waals surface area contributed by atoms with E-state index >= 15 is 0 Å². The van der Waals surface area contributed by atoms with Gasteiger partial charge in [0.15, 0.2) is 0 Å². The smallest absolute Gasteiger partial charge is 0.0569 e. The zero-order valence-corrected chi connectivity index (χ0v) is 11.3. The van der Waals surface area contributed by atoms with Crippen molar-refractivity contribution in [1.82, 2.24) is 4.98 Å². The number of aromatic nitrogens is 1. The maximum Gasteiger partial charge on any atom is 0.0569 e. The number of ether oxygens (including phenoxy) is 1. The van der Waals surface area contributed by atoms with E-state index < -0.39 is 0 Å². The van der Waals surface area contributed by atoms with Crippen molar-refractivity contribution in [3.05, 3.63) is 24.0 Å². The molecule has 18 heavy (non-hydrogen) atoms. The first-order chi connectivity index (χ1) is 8.70. The predicted octanol–water partition coefficient (Wildman–Crippen LogP) is 1.96. The van der Waals surface area contributed by atoms with E-state index in [0.29, 0.717) is 5.92 Å². The first-order valence-electron chi connectivity index (χ1n) is 6.66. The third-order valence-corrected chi connectivity index (χ3v) is 3.62. The van der Waals surface area contributed by atoms with Crippen LogP contribution in [-0.2, 0) is 4.74 Å². The van der Waals surface area contributed by atoms with Crippen LogP contribution in [0.15, 0.2) is 18.3 Å². The second kappa shape index (κ2) is 6.16. The molecule has 1 fully saturated rings. The zero-order valence-electron chi connectivity index (χ0n) is 11.3. The van der Waals surface area contributed by atoms with Crippen LogP contribution in [0.5, 0.6) is 0 Å². The predicted molar refractivity (Wildman–Crippen MR) is 73.7 cm³/mol. The second-order valence-electron chi connectivity index (χ2n) is 5.12. The van der Waals surface area contributed by atoms with E-state index in [1.807, 2.05) is 19.2 Å². The van der Waals surface area contributed by atoms with Crippen LogP contribution < -0.4 is 10.6 Å². The Kier molecular flexibility index (Phi) is 4.55. The first kappa shape index (κ1) is 13.3. The molecule has 1 aliphatic rings. The average molecular weight is 249 g/mol. The number of anilines is 1. The van der Waals surface area contributed by atoms with E-state index in [0.717, 1.165) is 25.4 Å². The zero-order chi connectivity index (χ0) is 13.0. The summed E-state index contributed by atoms with van der Waals surface area (Å²) >= 11 is 0. The topological polar surface area (TPSA) is 51.4 Å². The van der Waals surface area contributed by atoms with Crippen molar-refractivity contribution < 1.29 is 4.74 Å². The Labute approximate surface area is 109 Å². The summed E-state index contributed by atoms with van der Waals surface area (Å²) < 4.78 is 5.22. The Morgan fingerprint density at radius 2 is 2.17 bits per heavy atom. The third kappa shape index (κ3) is 3.21. The number of hydrogen-bond donors (Lipinski definition) is 1. The van der Waals surface area contributed by atoms with Crippen molar-refractivity contribution in [2.75, 3.05) is 31.7 Å². The van der Waals surface area contributed by atoms with Gasteiger partial charge >= 0.3 is 0 Å². The summed E-state index contributed by atoms with van der Waals surface area (Å²) in [6.07, 6.45) is 4.33. The van der Waals surface area contributed by atoms with Gasteiger partial charge in [-0.15, -0.1) is 0 Å². The molecule has 0 aromatic carbocycles. The monoisotopic (exact) mass is 249 g/mol. The fourth-order valence-corrected chi connectivity index (χ4v) is 2.45. The van der Waals surface area contributed by atoms with Crippen molar-refractivity contribution in [2.45, 2.75) is 25.8 Å². The molecule has 100 valence electrons. The Morgan fingerprint density at radius 1 is 1.44 bits per heavy atom. The van der Waals surface area contributed by atoms with Crippen LogP contribution >= 0.6 is 0 Å². The van der Waals surface area contributed by atoms with E-state index in [1.54, 1.807) is 7.11 Å². The number of nitrogens with two attached hydrogens (primary N) is 1. The SMILES string of the molecule is COCC1CCN(c2ccc(C(C)N)nc2)CC1. The third-order valence-electron chi connectivity index (χ3n) is 3.62. The molecule has 0 amide bonds. The van der Waals surface area contributed by atoms with Gasteiger partial charge in [0.05, 0.1) is 17.6 Å². The number of pyridine rings is 1. The molecule has 2 N–H and O–H groups in total. The summed E-state index contributed by atoms with van der Waals surface area (Å²) in [5, 5.41) is 0. The minimum absolute atomic E-state index is 0.00601.